The molecule has 0 saturated carbocycles. The van der Waals surface area contributed by atoms with E-state index in [-0.39, 0.29) is 11.8 Å². The molecule has 1 aliphatic rings. The summed E-state index contributed by atoms with van der Waals surface area (Å²) < 4.78 is 7.36. The van der Waals surface area contributed by atoms with E-state index in [2.05, 4.69) is 18.0 Å². The van der Waals surface area contributed by atoms with Crippen LogP contribution < -0.4 is 0 Å². The number of benzene rings is 1. The van der Waals surface area contributed by atoms with Crippen LogP contribution in [0.1, 0.15) is 41.3 Å². The first-order valence-electron chi connectivity index (χ1n) is 9.76. The van der Waals surface area contributed by atoms with E-state index in [0.717, 1.165) is 45.0 Å². The van der Waals surface area contributed by atoms with Crippen LogP contribution >= 0.6 is 0 Å². The van der Waals surface area contributed by atoms with Crippen molar-refractivity contribution in [2.75, 3.05) is 7.11 Å². The zero-order valence-corrected chi connectivity index (χ0v) is 17.4. The molecule has 0 fully saturated rings. The number of ether oxygens (including phenoxy) is 1. The first-order valence-corrected chi connectivity index (χ1v) is 9.76. The van der Waals surface area contributed by atoms with E-state index < -0.39 is 0 Å². The predicted molar refractivity (Wildman–Crippen MR) is 117 cm³/mol. The Balaban J connectivity index is 1.88. The van der Waals surface area contributed by atoms with Gasteiger partial charge < -0.3 is 9.72 Å². The number of aliphatic imine (C=N–C) groups is 1. The fourth-order valence-electron chi connectivity index (χ4n) is 3.69. The minimum absolute atomic E-state index is 0.0459. The summed E-state index contributed by atoms with van der Waals surface area (Å²) >= 11 is 0. The van der Waals surface area contributed by atoms with Crippen LogP contribution in [0.15, 0.2) is 58.9 Å². The molecule has 3 heterocycles. The normalized spacial score (nSPS) is 15.3. The van der Waals surface area contributed by atoms with E-state index in [1.807, 2.05) is 63.3 Å². The largest absolute Gasteiger partial charge is 0.494 e. The van der Waals surface area contributed by atoms with Crippen LogP contribution in [0.25, 0.3) is 17.0 Å². The number of rotatable bonds is 4. The van der Waals surface area contributed by atoms with Gasteiger partial charge in [-0.1, -0.05) is 32.0 Å². The number of aromatic nitrogens is 2. The van der Waals surface area contributed by atoms with Gasteiger partial charge in [-0.05, 0) is 43.7 Å². The van der Waals surface area contributed by atoms with E-state index in [1.54, 1.807) is 11.7 Å². The van der Waals surface area contributed by atoms with Gasteiger partial charge in [-0.15, -0.1) is 0 Å². The first kappa shape index (κ1) is 19.0. The highest BCUT2D eigenvalue weighted by atomic mass is 16.5. The van der Waals surface area contributed by atoms with Crippen LogP contribution in [-0.2, 0) is 4.74 Å². The van der Waals surface area contributed by atoms with Crippen LogP contribution in [0, 0.1) is 19.8 Å². The second kappa shape index (κ2) is 7.24. The number of allylic oxidation sites excluding steroid dienone is 1. The zero-order chi connectivity index (χ0) is 20.7. The molecular formula is C24H25N3O2. The molecule has 0 bridgehead atoms. The van der Waals surface area contributed by atoms with Crippen molar-refractivity contribution < 1.29 is 9.53 Å². The maximum Gasteiger partial charge on any atom is 0.234 e. The summed E-state index contributed by atoms with van der Waals surface area (Å²) in [6.07, 6.45) is 3.89. The highest BCUT2D eigenvalue weighted by Crippen LogP contribution is 2.29. The number of carbonyl (C=O) groups excluding carboxylic acids is 1. The van der Waals surface area contributed by atoms with Gasteiger partial charge in [-0.2, -0.15) is 0 Å². The number of hydrogen-bond acceptors (Lipinski definition) is 3. The van der Waals surface area contributed by atoms with Gasteiger partial charge in [-0.25, -0.2) is 4.99 Å². The van der Waals surface area contributed by atoms with Gasteiger partial charge >= 0.3 is 0 Å². The van der Waals surface area contributed by atoms with Crippen LogP contribution in [-0.4, -0.2) is 28.3 Å². The fraction of sp³-hybridized carbons (Fsp3) is 0.250. The third kappa shape index (κ3) is 3.33. The van der Waals surface area contributed by atoms with Gasteiger partial charge in [0.2, 0.25) is 5.91 Å². The summed E-state index contributed by atoms with van der Waals surface area (Å²) in [5.74, 6) is 0.599. The number of hydrogen-bond donors (Lipinski definition) is 1. The van der Waals surface area contributed by atoms with E-state index in [0.29, 0.717) is 5.76 Å². The summed E-state index contributed by atoms with van der Waals surface area (Å²) in [4.78, 5) is 21.2. The zero-order valence-electron chi connectivity index (χ0n) is 17.4. The number of para-hydroxylation sites is 1. The topological polar surface area (TPSA) is 59.4 Å². The molecule has 1 N–H and O–H groups in total. The van der Waals surface area contributed by atoms with Crippen molar-refractivity contribution in [2.45, 2.75) is 27.7 Å². The summed E-state index contributed by atoms with van der Waals surface area (Å²) in [7, 11) is 1.64. The van der Waals surface area contributed by atoms with Gasteiger partial charge in [0, 0.05) is 28.8 Å². The maximum atomic E-state index is 13.0. The van der Waals surface area contributed by atoms with Crippen LogP contribution in [0.5, 0.6) is 0 Å². The fourth-order valence-corrected chi connectivity index (χ4v) is 3.69. The van der Waals surface area contributed by atoms with Crippen molar-refractivity contribution in [3.63, 3.8) is 0 Å². The van der Waals surface area contributed by atoms with Crippen LogP contribution in [0.4, 0.5) is 0 Å². The standard InChI is InChI=1S/C24H25N3O2/c1-14(2)24(28)27-21-9-7-6-8-17(21)11-22(27)19-13-23(29-5)20(26-19)12-18-15(3)10-16(4)25-18/h6-14,25H,1-5H3. The summed E-state index contributed by atoms with van der Waals surface area (Å²) in [5.41, 5.74) is 6.39. The van der Waals surface area contributed by atoms with E-state index in [1.165, 1.54) is 0 Å². The number of carbonyl (C=O) groups is 1. The predicted octanol–water partition coefficient (Wildman–Crippen LogP) is 5.26. The third-order valence-electron chi connectivity index (χ3n) is 5.14. The minimum atomic E-state index is -0.128. The smallest absolute Gasteiger partial charge is 0.234 e. The van der Waals surface area contributed by atoms with Gasteiger partial charge in [0.1, 0.15) is 11.5 Å². The summed E-state index contributed by atoms with van der Waals surface area (Å²) in [6.45, 7) is 7.91. The minimum Gasteiger partial charge on any atom is -0.494 e. The first-order chi connectivity index (χ1) is 13.9. The number of nitrogens with one attached hydrogen (secondary N) is 1. The monoisotopic (exact) mass is 387 g/mol. The molecule has 4 rings (SSSR count). The van der Waals surface area contributed by atoms with Crippen molar-refractivity contribution in [1.82, 2.24) is 9.55 Å². The molecule has 0 radical (unpaired) electrons. The maximum absolute atomic E-state index is 13.0. The molecular weight excluding hydrogens is 362 g/mol. The van der Waals surface area contributed by atoms with Crippen LogP contribution in [0.2, 0.25) is 0 Å². The molecule has 3 aromatic rings. The molecule has 0 atom stereocenters. The van der Waals surface area contributed by atoms with Crippen molar-refractivity contribution in [1.29, 1.82) is 0 Å². The van der Waals surface area contributed by atoms with E-state index >= 15 is 0 Å². The molecule has 29 heavy (non-hydrogen) atoms. The van der Waals surface area contributed by atoms with Crippen LogP contribution in [0.3, 0.4) is 0 Å². The van der Waals surface area contributed by atoms with Crippen molar-refractivity contribution in [3.05, 3.63) is 76.6 Å². The molecule has 5 nitrogen and oxygen atoms in total. The summed E-state index contributed by atoms with van der Waals surface area (Å²) in [6, 6.07) is 12.0. The molecule has 1 aromatic carbocycles. The Morgan fingerprint density at radius 3 is 2.62 bits per heavy atom. The lowest BCUT2D eigenvalue weighted by atomic mass is 10.2. The SMILES string of the molecule is COC1=CC(c2cc3ccccc3n2C(=O)C(C)C)=NC1=Cc1[nH]c(C)cc1C. The number of aryl methyl sites for hydroxylation is 2. The average Bonchev–Trinajstić information content (AvgIpc) is 3.36. The van der Waals surface area contributed by atoms with Crippen molar-refractivity contribution in [3.8, 4) is 0 Å². The van der Waals surface area contributed by atoms with Gasteiger partial charge in [0.05, 0.1) is 24.0 Å². The molecule has 2 aromatic heterocycles. The van der Waals surface area contributed by atoms with Crippen molar-refractivity contribution >= 4 is 28.6 Å². The van der Waals surface area contributed by atoms with Gasteiger partial charge in [0.25, 0.3) is 0 Å². The lowest BCUT2D eigenvalue weighted by molar-refractivity contribution is 0.0860. The Morgan fingerprint density at radius 1 is 1.21 bits per heavy atom. The lowest BCUT2D eigenvalue weighted by Crippen LogP contribution is -2.20. The molecule has 0 saturated heterocycles. The Hall–Kier alpha value is -3.34. The molecule has 0 unspecified atom stereocenters. The molecule has 0 amide bonds. The van der Waals surface area contributed by atoms with Gasteiger partial charge in [-0.3, -0.25) is 9.36 Å². The lowest BCUT2D eigenvalue weighted by Gasteiger charge is -2.11. The number of aromatic amines is 1. The molecule has 1 aliphatic heterocycles. The van der Waals surface area contributed by atoms with E-state index in [9.17, 15) is 4.79 Å². The van der Waals surface area contributed by atoms with Gasteiger partial charge in [0.15, 0.2) is 0 Å². The average molecular weight is 387 g/mol. The third-order valence-corrected chi connectivity index (χ3v) is 5.14. The Kier molecular flexibility index (Phi) is 4.74. The Bertz CT molecular complexity index is 1200. The second-order valence-corrected chi connectivity index (χ2v) is 7.71. The Labute approximate surface area is 170 Å². The number of nitrogens with zero attached hydrogens (tertiary/aromatic N) is 2. The van der Waals surface area contributed by atoms with E-state index in [4.69, 9.17) is 9.73 Å². The number of H-pyrrole nitrogens is 1. The number of fused-ring (bicyclic) bond motifs is 1. The molecule has 5 heteroatoms. The molecule has 0 aliphatic carbocycles. The quantitative estimate of drug-likeness (QED) is 0.664. The number of methoxy groups -OCH3 is 1. The highest BCUT2D eigenvalue weighted by molar-refractivity contribution is 6.16. The molecule has 148 valence electrons. The highest BCUT2D eigenvalue weighted by Gasteiger charge is 2.24. The van der Waals surface area contributed by atoms with Crippen molar-refractivity contribution in [2.24, 2.45) is 10.9 Å². The Morgan fingerprint density at radius 2 is 1.97 bits per heavy atom. The summed E-state index contributed by atoms with van der Waals surface area (Å²) in [5, 5.41) is 1.01. The second-order valence-electron chi connectivity index (χ2n) is 7.71. The molecule has 0 spiro atoms.